The smallest absolute Gasteiger partial charge is 0.406 e. The molecule has 5 nitrogen and oxygen atoms in total. The standard InChI is InChI=1S/C13H11BrClF3N4O/c1-3-22(12-20-7(2)19-11(15)21-12)10-5-4-8(6-9(10)14)23-13(16,17)18/h4-6H,3H2,1-2H3. The highest BCUT2D eigenvalue weighted by Gasteiger charge is 2.31. The molecule has 124 valence electrons. The second-order valence-corrected chi connectivity index (χ2v) is 5.55. The fraction of sp³-hybridized carbons (Fsp3) is 0.308. The molecule has 0 aliphatic rings. The molecule has 0 radical (unpaired) electrons. The highest BCUT2D eigenvalue weighted by molar-refractivity contribution is 9.10. The van der Waals surface area contributed by atoms with Gasteiger partial charge in [-0.3, -0.25) is 0 Å². The zero-order valence-corrected chi connectivity index (χ0v) is 14.4. The summed E-state index contributed by atoms with van der Waals surface area (Å²) >= 11 is 9.07. The van der Waals surface area contributed by atoms with Crippen molar-refractivity contribution in [2.24, 2.45) is 0 Å². The number of hydrogen-bond donors (Lipinski definition) is 0. The Morgan fingerprint density at radius 2 is 1.96 bits per heavy atom. The minimum absolute atomic E-state index is 0.0408. The van der Waals surface area contributed by atoms with E-state index in [0.717, 1.165) is 0 Å². The van der Waals surface area contributed by atoms with Gasteiger partial charge in [0.05, 0.1) is 5.69 Å². The Hall–Kier alpha value is -1.61. The van der Waals surface area contributed by atoms with E-state index < -0.39 is 6.36 Å². The second-order valence-electron chi connectivity index (χ2n) is 4.36. The van der Waals surface area contributed by atoms with Crippen molar-refractivity contribution in [1.29, 1.82) is 0 Å². The van der Waals surface area contributed by atoms with Crippen molar-refractivity contribution in [2.75, 3.05) is 11.4 Å². The zero-order valence-electron chi connectivity index (χ0n) is 12.0. The van der Waals surface area contributed by atoms with E-state index in [4.69, 9.17) is 11.6 Å². The van der Waals surface area contributed by atoms with Crippen LogP contribution in [0.1, 0.15) is 12.7 Å². The normalized spacial score (nSPS) is 11.4. The average molecular weight is 412 g/mol. The quantitative estimate of drug-likeness (QED) is 0.733. The molecule has 1 aromatic carbocycles. The van der Waals surface area contributed by atoms with Gasteiger partial charge in [0.1, 0.15) is 11.6 Å². The Morgan fingerprint density at radius 3 is 2.48 bits per heavy atom. The number of nitrogens with zero attached hydrogens (tertiary/aromatic N) is 4. The van der Waals surface area contributed by atoms with Crippen LogP contribution in [0.3, 0.4) is 0 Å². The van der Waals surface area contributed by atoms with E-state index in [1.54, 1.807) is 11.8 Å². The molecule has 0 saturated heterocycles. The molecule has 0 amide bonds. The maximum absolute atomic E-state index is 12.3. The molecule has 0 aliphatic carbocycles. The van der Waals surface area contributed by atoms with Crippen LogP contribution in [0.15, 0.2) is 22.7 Å². The van der Waals surface area contributed by atoms with Crippen LogP contribution in [-0.4, -0.2) is 27.9 Å². The molecular formula is C13H11BrClF3N4O. The number of halogens is 5. The summed E-state index contributed by atoms with van der Waals surface area (Å²) in [5.41, 5.74) is 0.573. The first-order valence-corrected chi connectivity index (χ1v) is 7.57. The number of ether oxygens (including phenoxy) is 1. The Kier molecular flexibility index (Phi) is 5.30. The van der Waals surface area contributed by atoms with E-state index in [1.165, 1.54) is 18.2 Å². The molecular weight excluding hydrogens is 401 g/mol. The van der Waals surface area contributed by atoms with Crippen molar-refractivity contribution in [1.82, 2.24) is 15.0 Å². The van der Waals surface area contributed by atoms with Crippen molar-refractivity contribution in [3.05, 3.63) is 33.8 Å². The van der Waals surface area contributed by atoms with Gasteiger partial charge in [-0.25, -0.2) is 4.98 Å². The van der Waals surface area contributed by atoms with Gasteiger partial charge in [-0.2, -0.15) is 9.97 Å². The zero-order chi connectivity index (χ0) is 17.2. The largest absolute Gasteiger partial charge is 0.573 e. The first kappa shape index (κ1) is 17.7. The van der Waals surface area contributed by atoms with Crippen molar-refractivity contribution >= 4 is 39.2 Å². The van der Waals surface area contributed by atoms with Crippen LogP contribution in [0.5, 0.6) is 5.75 Å². The van der Waals surface area contributed by atoms with E-state index >= 15 is 0 Å². The summed E-state index contributed by atoms with van der Waals surface area (Å²) in [5.74, 6) is 0.413. The fourth-order valence-corrected chi connectivity index (χ4v) is 2.65. The van der Waals surface area contributed by atoms with E-state index in [0.29, 0.717) is 28.5 Å². The van der Waals surface area contributed by atoms with Gasteiger partial charge in [0, 0.05) is 11.0 Å². The maximum atomic E-state index is 12.3. The molecule has 0 unspecified atom stereocenters. The van der Waals surface area contributed by atoms with Gasteiger partial charge in [-0.05, 0) is 59.6 Å². The summed E-state index contributed by atoms with van der Waals surface area (Å²) in [6, 6.07) is 3.91. The lowest BCUT2D eigenvalue weighted by atomic mass is 10.2. The minimum Gasteiger partial charge on any atom is -0.406 e. The molecule has 2 rings (SSSR count). The summed E-state index contributed by atoms with van der Waals surface area (Å²) in [6.07, 6.45) is -4.75. The molecule has 0 N–H and O–H groups in total. The Morgan fingerprint density at radius 1 is 1.26 bits per heavy atom. The number of anilines is 2. The van der Waals surface area contributed by atoms with Gasteiger partial charge in [0.15, 0.2) is 0 Å². The van der Waals surface area contributed by atoms with Gasteiger partial charge in [0.2, 0.25) is 11.2 Å². The van der Waals surface area contributed by atoms with Gasteiger partial charge >= 0.3 is 6.36 Å². The number of aryl methyl sites for hydroxylation is 1. The molecule has 0 spiro atoms. The molecule has 10 heteroatoms. The SMILES string of the molecule is CCN(c1nc(C)nc(Cl)n1)c1ccc(OC(F)(F)F)cc1Br. The summed E-state index contributed by atoms with van der Waals surface area (Å²) < 4.78 is 41.1. The molecule has 0 aliphatic heterocycles. The number of benzene rings is 1. The van der Waals surface area contributed by atoms with Gasteiger partial charge in [-0.15, -0.1) is 13.2 Å². The van der Waals surface area contributed by atoms with Crippen LogP contribution in [0.25, 0.3) is 0 Å². The van der Waals surface area contributed by atoms with Gasteiger partial charge in [-0.1, -0.05) is 0 Å². The lowest BCUT2D eigenvalue weighted by molar-refractivity contribution is -0.274. The number of hydrogen-bond acceptors (Lipinski definition) is 5. The summed E-state index contributed by atoms with van der Waals surface area (Å²) in [6.45, 7) is 3.98. The lowest BCUT2D eigenvalue weighted by Crippen LogP contribution is -2.21. The first-order chi connectivity index (χ1) is 10.7. The van der Waals surface area contributed by atoms with Crippen LogP contribution < -0.4 is 9.64 Å². The molecule has 1 heterocycles. The third kappa shape index (κ3) is 4.68. The van der Waals surface area contributed by atoms with Crippen LogP contribution in [-0.2, 0) is 0 Å². The minimum atomic E-state index is -4.75. The molecule has 0 atom stereocenters. The molecule has 2 aromatic rings. The van der Waals surface area contributed by atoms with E-state index in [-0.39, 0.29) is 11.0 Å². The first-order valence-electron chi connectivity index (χ1n) is 6.40. The highest BCUT2D eigenvalue weighted by atomic mass is 79.9. The maximum Gasteiger partial charge on any atom is 0.573 e. The van der Waals surface area contributed by atoms with Crippen LogP contribution in [0.2, 0.25) is 5.28 Å². The van der Waals surface area contributed by atoms with Crippen molar-refractivity contribution < 1.29 is 17.9 Å². The third-order valence-corrected chi connectivity index (χ3v) is 3.51. The number of aromatic nitrogens is 3. The summed E-state index contributed by atoms with van der Waals surface area (Å²) in [4.78, 5) is 13.8. The predicted octanol–water partition coefficient (Wildman–Crippen LogP) is 4.65. The third-order valence-electron chi connectivity index (χ3n) is 2.71. The summed E-state index contributed by atoms with van der Waals surface area (Å²) in [5, 5.41) is 0.0408. The summed E-state index contributed by atoms with van der Waals surface area (Å²) in [7, 11) is 0. The highest BCUT2D eigenvalue weighted by Crippen LogP contribution is 2.35. The molecule has 1 aromatic heterocycles. The van der Waals surface area contributed by atoms with E-state index in [2.05, 4.69) is 35.6 Å². The average Bonchev–Trinajstić information content (AvgIpc) is 2.39. The Bertz CT molecular complexity index is 694. The predicted molar refractivity (Wildman–Crippen MR) is 83.1 cm³/mol. The Labute approximate surface area is 143 Å². The molecule has 0 fully saturated rings. The van der Waals surface area contributed by atoms with Crippen molar-refractivity contribution in [3.8, 4) is 5.75 Å². The van der Waals surface area contributed by atoms with Crippen LogP contribution >= 0.6 is 27.5 Å². The second kappa shape index (κ2) is 6.88. The number of rotatable bonds is 4. The van der Waals surface area contributed by atoms with Gasteiger partial charge in [0.25, 0.3) is 0 Å². The fourth-order valence-electron chi connectivity index (χ4n) is 1.88. The van der Waals surface area contributed by atoms with Crippen LogP contribution in [0, 0.1) is 6.92 Å². The van der Waals surface area contributed by atoms with Crippen molar-refractivity contribution in [2.45, 2.75) is 20.2 Å². The lowest BCUT2D eigenvalue weighted by Gasteiger charge is -2.23. The van der Waals surface area contributed by atoms with Crippen molar-refractivity contribution in [3.63, 3.8) is 0 Å². The Balaban J connectivity index is 2.38. The molecule has 0 bridgehead atoms. The number of alkyl halides is 3. The van der Waals surface area contributed by atoms with E-state index in [9.17, 15) is 13.2 Å². The molecule has 0 saturated carbocycles. The molecule has 23 heavy (non-hydrogen) atoms. The topological polar surface area (TPSA) is 51.1 Å². The van der Waals surface area contributed by atoms with Crippen LogP contribution in [0.4, 0.5) is 24.8 Å². The van der Waals surface area contributed by atoms with Gasteiger partial charge < -0.3 is 9.64 Å². The van der Waals surface area contributed by atoms with E-state index in [1.807, 2.05) is 6.92 Å². The monoisotopic (exact) mass is 410 g/mol.